The maximum absolute atomic E-state index is 13.5. The average molecular weight is 241 g/mol. The Balaban J connectivity index is 1.96. The molecule has 94 valence electrons. The maximum atomic E-state index is 13.5. The minimum Gasteiger partial charge on any atom is -0.396 e. The standard InChI is InChI=1S/C13H17F2NO/c14-12-3-1-2-11(13(12)15)9-16-6-4-10(8-16)5-7-17/h1-3,10,17H,4-9H2. The molecule has 1 unspecified atom stereocenters. The molecule has 2 nitrogen and oxygen atoms in total. The van der Waals surface area contributed by atoms with Gasteiger partial charge in [-0.1, -0.05) is 12.1 Å². The molecule has 1 N–H and O–H groups in total. The molecule has 1 aromatic carbocycles. The van der Waals surface area contributed by atoms with Crippen LogP contribution in [-0.2, 0) is 6.54 Å². The van der Waals surface area contributed by atoms with E-state index in [2.05, 4.69) is 4.90 Å². The molecule has 0 aromatic heterocycles. The van der Waals surface area contributed by atoms with Gasteiger partial charge in [-0.15, -0.1) is 0 Å². The molecule has 1 atom stereocenters. The van der Waals surface area contributed by atoms with Crippen molar-refractivity contribution in [2.75, 3.05) is 19.7 Å². The molecule has 0 spiro atoms. The van der Waals surface area contributed by atoms with Gasteiger partial charge in [-0.05, 0) is 31.4 Å². The largest absolute Gasteiger partial charge is 0.396 e. The van der Waals surface area contributed by atoms with Crippen molar-refractivity contribution in [3.8, 4) is 0 Å². The molecule has 1 fully saturated rings. The van der Waals surface area contributed by atoms with E-state index in [0.717, 1.165) is 32.0 Å². The lowest BCUT2D eigenvalue weighted by atomic mass is 10.1. The van der Waals surface area contributed by atoms with E-state index < -0.39 is 11.6 Å². The molecular weight excluding hydrogens is 224 g/mol. The van der Waals surface area contributed by atoms with Gasteiger partial charge in [-0.25, -0.2) is 8.78 Å². The lowest BCUT2D eigenvalue weighted by Gasteiger charge is -2.16. The van der Waals surface area contributed by atoms with Crippen LogP contribution in [-0.4, -0.2) is 29.7 Å². The van der Waals surface area contributed by atoms with E-state index in [0.29, 0.717) is 18.0 Å². The predicted octanol–water partition coefficient (Wildman–Crippen LogP) is 2.17. The second kappa shape index (κ2) is 5.56. The summed E-state index contributed by atoms with van der Waals surface area (Å²) in [5.41, 5.74) is 0.412. The van der Waals surface area contributed by atoms with Gasteiger partial charge in [0.15, 0.2) is 11.6 Å². The van der Waals surface area contributed by atoms with Crippen molar-refractivity contribution in [2.45, 2.75) is 19.4 Å². The van der Waals surface area contributed by atoms with Crippen molar-refractivity contribution in [1.82, 2.24) is 4.90 Å². The van der Waals surface area contributed by atoms with Crippen molar-refractivity contribution < 1.29 is 13.9 Å². The first-order chi connectivity index (χ1) is 8.20. The zero-order valence-corrected chi connectivity index (χ0v) is 9.70. The summed E-state index contributed by atoms with van der Waals surface area (Å²) >= 11 is 0. The Hall–Kier alpha value is -1.00. The Morgan fingerprint density at radius 2 is 2.18 bits per heavy atom. The Kier molecular flexibility index (Phi) is 4.07. The third-order valence-corrected chi connectivity index (χ3v) is 3.33. The van der Waals surface area contributed by atoms with Gasteiger partial charge in [0.2, 0.25) is 0 Å². The molecule has 4 heteroatoms. The van der Waals surface area contributed by atoms with Crippen molar-refractivity contribution in [3.63, 3.8) is 0 Å². The Morgan fingerprint density at radius 3 is 2.94 bits per heavy atom. The quantitative estimate of drug-likeness (QED) is 0.873. The zero-order chi connectivity index (χ0) is 12.3. The first-order valence-corrected chi connectivity index (χ1v) is 5.97. The molecule has 2 rings (SSSR count). The van der Waals surface area contributed by atoms with E-state index in [1.807, 2.05) is 0 Å². The van der Waals surface area contributed by atoms with E-state index in [-0.39, 0.29) is 6.61 Å². The summed E-state index contributed by atoms with van der Waals surface area (Å²) in [4.78, 5) is 2.11. The lowest BCUT2D eigenvalue weighted by molar-refractivity contribution is 0.248. The van der Waals surface area contributed by atoms with Crippen LogP contribution in [0.5, 0.6) is 0 Å². The summed E-state index contributed by atoms with van der Waals surface area (Å²) in [7, 11) is 0. The van der Waals surface area contributed by atoms with Crippen LogP contribution < -0.4 is 0 Å². The topological polar surface area (TPSA) is 23.5 Å². The number of hydrogen-bond acceptors (Lipinski definition) is 2. The van der Waals surface area contributed by atoms with E-state index in [1.165, 1.54) is 6.07 Å². The number of rotatable bonds is 4. The number of aliphatic hydroxyl groups excluding tert-OH is 1. The van der Waals surface area contributed by atoms with Crippen molar-refractivity contribution in [2.24, 2.45) is 5.92 Å². The average Bonchev–Trinajstić information content (AvgIpc) is 2.73. The fourth-order valence-corrected chi connectivity index (χ4v) is 2.39. The fourth-order valence-electron chi connectivity index (χ4n) is 2.39. The summed E-state index contributed by atoms with van der Waals surface area (Å²) in [6.07, 6.45) is 1.82. The van der Waals surface area contributed by atoms with Gasteiger partial charge in [0.25, 0.3) is 0 Å². The molecule has 1 aliphatic heterocycles. The highest BCUT2D eigenvalue weighted by molar-refractivity contribution is 5.18. The molecule has 0 saturated carbocycles. The Morgan fingerprint density at radius 1 is 1.35 bits per heavy atom. The summed E-state index contributed by atoms with van der Waals surface area (Å²) < 4.78 is 26.5. The van der Waals surface area contributed by atoms with Gasteiger partial charge in [-0.2, -0.15) is 0 Å². The monoisotopic (exact) mass is 241 g/mol. The lowest BCUT2D eigenvalue weighted by Crippen LogP contribution is -2.21. The smallest absolute Gasteiger partial charge is 0.163 e. The number of nitrogens with zero attached hydrogens (tertiary/aromatic N) is 1. The number of hydrogen-bond donors (Lipinski definition) is 1. The predicted molar refractivity (Wildman–Crippen MR) is 61.4 cm³/mol. The summed E-state index contributed by atoms with van der Waals surface area (Å²) in [5, 5.41) is 8.86. The first kappa shape index (κ1) is 12.5. The molecule has 1 heterocycles. The highest BCUT2D eigenvalue weighted by atomic mass is 19.2. The van der Waals surface area contributed by atoms with Gasteiger partial charge < -0.3 is 5.11 Å². The molecule has 1 saturated heterocycles. The van der Waals surface area contributed by atoms with E-state index in [4.69, 9.17) is 5.11 Å². The van der Waals surface area contributed by atoms with Crippen LogP contribution in [0.2, 0.25) is 0 Å². The summed E-state index contributed by atoms with van der Waals surface area (Å²) in [5.74, 6) is -1.04. The van der Waals surface area contributed by atoms with Crippen LogP contribution in [0, 0.1) is 17.6 Å². The molecule has 0 amide bonds. The number of halogens is 2. The van der Waals surface area contributed by atoms with Gasteiger partial charge in [-0.3, -0.25) is 4.90 Å². The first-order valence-electron chi connectivity index (χ1n) is 5.97. The van der Waals surface area contributed by atoms with Crippen molar-refractivity contribution in [3.05, 3.63) is 35.4 Å². The summed E-state index contributed by atoms with van der Waals surface area (Å²) in [6.45, 7) is 2.40. The zero-order valence-electron chi connectivity index (χ0n) is 9.70. The van der Waals surface area contributed by atoms with Crippen LogP contribution in [0.25, 0.3) is 0 Å². The minimum atomic E-state index is -0.784. The SMILES string of the molecule is OCCC1CCN(Cc2cccc(F)c2F)C1. The third kappa shape index (κ3) is 3.01. The van der Waals surface area contributed by atoms with Crippen molar-refractivity contribution in [1.29, 1.82) is 0 Å². The normalized spacial score (nSPS) is 21.0. The molecular formula is C13H17F2NO. The molecule has 1 aliphatic rings. The van der Waals surface area contributed by atoms with Gasteiger partial charge >= 0.3 is 0 Å². The van der Waals surface area contributed by atoms with E-state index >= 15 is 0 Å². The van der Waals surface area contributed by atoms with Crippen LogP contribution >= 0.6 is 0 Å². The maximum Gasteiger partial charge on any atom is 0.163 e. The Bertz CT molecular complexity index is 384. The van der Waals surface area contributed by atoms with Crippen LogP contribution in [0.4, 0.5) is 8.78 Å². The number of likely N-dealkylation sites (tertiary alicyclic amines) is 1. The van der Waals surface area contributed by atoms with Crippen LogP contribution in [0.1, 0.15) is 18.4 Å². The molecule has 17 heavy (non-hydrogen) atoms. The van der Waals surface area contributed by atoms with Gasteiger partial charge in [0.1, 0.15) is 0 Å². The highest BCUT2D eigenvalue weighted by Gasteiger charge is 2.22. The molecule has 0 bridgehead atoms. The van der Waals surface area contributed by atoms with Gasteiger partial charge in [0.05, 0.1) is 0 Å². The van der Waals surface area contributed by atoms with E-state index in [9.17, 15) is 8.78 Å². The molecule has 0 aliphatic carbocycles. The second-order valence-electron chi connectivity index (χ2n) is 4.62. The van der Waals surface area contributed by atoms with Crippen LogP contribution in [0.3, 0.4) is 0 Å². The van der Waals surface area contributed by atoms with Crippen LogP contribution in [0.15, 0.2) is 18.2 Å². The third-order valence-electron chi connectivity index (χ3n) is 3.33. The molecule has 1 aromatic rings. The van der Waals surface area contributed by atoms with Gasteiger partial charge in [0, 0.05) is 25.3 Å². The second-order valence-corrected chi connectivity index (χ2v) is 4.62. The van der Waals surface area contributed by atoms with Crippen molar-refractivity contribution >= 4 is 0 Å². The molecule has 0 radical (unpaired) electrons. The number of aliphatic hydroxyl groups is 1. The van der Waals surface area contributed by atoms with E-state index in [1.54, 1.807) is 6.07 Å². The summed E-state index contributed by atoms with van der Waals surface area (Å²) in [6, 6.07) is 4.30. The fraction of sp³-hybridized carbons (Fsp3) is 0.538. The number of benzene rings is 1. The minimum absolute atomic E-state index is 0.201. The Labute approximate surface area is 99.9 Å². The highest BCUT2D eigenvalue weighted by Crippen LogP contribution is 2.22.